The number of halogens is 2. The number of carbonyl (C=O) groups excluding carboxylic acids is 3. The maximum atomic E-state index is 12.9. The van der Waals surface area contributed by atoms with Gasteiger partial charge in [0.1, 0.15) is 5.69 Å². The molecule has 7 nitrogen and oxygen atoms in total. The number of nitrogens with zero attached hydrogens (tertiary/aromatic N) is 2. The van der Waals surface area contributed by atoms with Gasteiger partial charge in [-0.05, 0) is 50.8 Å². The monoisotopic (exact) mass is 503 g/mol. The van der Waals surface area contributed by atoms with Gasteiger partial charge in [0.2, 0.25) is 5.91 Å². The Kier molecular flexibility index (Phi) is 8.09. The van der Waals surface area contributed by atoms with Crippen LogP contribution in [0.25, 0.3) is 0 Å². The van der Waals surface area contributed by atoms with E-state index in [2.05, 4.69) is 48.2 Å². The summed E-state index contributed by atoms with van der Waals surface area (Å²) in [5, 5.41) is 0. The van der Waals surface area contributed by atoms with Crippen molar-refractivity contribution in [3.05, 3.63) is 33.5 Å². The minimum atomic E-state index is -0.385. The summed E-state index contributed by atoms with van der Waals surface area (Å²) in [5.74, 6) is -0.543. The molecule has 1 N–H and O–H groups in total. The number of carbonyl (C=O) groups is 3. The molecule has 2 heterocycles. The molecule has 1 aliphatic rings. The van der Waals surface area contributed by atoms with Crippen molar-refractivity contribution >= 4 is 49.6 Å². The number of nitrogens with one attached hydrogen (secondary N) is 1. The number of aromatic nitrogens is 1. The van der Waals surface area contributed by atoms with Crippen LogP contribution in [0.1, 0.15) is 36.2 Å². The van der Waals surface area contributed by atoms with Crippen molar-refractivity contribution in [1.82, 2.24) is 14.8 Å². The lowest BCUT2D eigenvalue weighted by Crippen LogP contribution is -2.49. The van der Waals surface area contributed by atoms with E-state index in [1.165, 1.54) is 7.11 Å². The van der Waals surface area contributed by atoms with Gasteiger partial charge >= 0.3 is 5.97 Å². The number of esters is 1. The minimum absolute atomic E-state index is 0.0287. The molecule has 148 valence electrons. The lowest BCUT2D eigenvalue weighted by Gasteiger charge is -2.38. The number of H-pyrrole nitrogens is 1. The number of aromatic amines is 1. The summed E-state index contributed by atoms with van der Waals surface area (Å²) >= 11 is 6.73. The van der Waals surface area contributed by atoms with Crippen molar-refractivity contribution in [2.45, 2.75) is 31.7 Å². The topological polar surface area (TPSA) is 82.7 Å². The first kappa shape index (κ1) is 21.7. The Bertz CT molecular complexity index is 692. The van der Waals surface area contributed by atoms with Crippen LogP contribution in [-0.4, -0.2) is 65.4 Å². The minimum Gasteiger partial charge on any atom is -0.469 e. The first-order valence-electron chi connectivity index (χ1n) is 8.67. The molecule has 1 aromatic rings. The summed E-state index contributed by atoms with van der Waals surface area (Å²) in [6, 6.07) is 1.77. The largest absolute Gasteiger partial charge is 0.469 e. The Morgan fingerprint density at radius 3 is 2.52 bits per heavy atom. The van der Waals surface area contributed by atoms with E-state index in [4.69, 9.17) is 0 Å². The molecular weight excluding hydrogens is 482 g/mol. The third kappa shape index (κ3) is 5.68. The standard InChI is InChI=1S/C18H23Br2N3O4/c1-3-8-23(18(26)14-11-13(19)17(20)21-14)12-6-9-22(10-7-12)15(24)4-5-16(25)27-2/h3,11-12,21H,1,4-10H2,2H3. The highest BCUT2D eigenvalue weighted by molar-refractivity contribution is 9.13. The Morgan fingerprint density at radius 2 is 2.00 bits per heavy atom. The molecule has 1 aromatic heterocycles. The fourth-order valence-corrected chi connectivity index (χ4v) is 3.76. The third-order valence-corrected chi connectivity index (χ3v) is 6.35. The van der Waals surface area contributed by atoms with Crippen LogP contribution in [0.2, 0.25) is 0 Å². The van der Waals surface area contributed by atoms with E-state index in [-0.39, 0.29) is 36.7 Å². The Hall–Kier alpha value is -1.61. The Balaban J connectivity index is 1.96. The number of methoxy groups -OCH3 is 1. The Morgan fingerprint density at radius 1 is 1.33 bits per heavy atom. The van der Waals surface area contributed by atoms with Crippen molar-refractivity contribution in [3.8, 4) is 0 Å². The van der Waals surface area contributed by atoms with E-state index in [1.807, 2.05) is 0 Å². The average Bonchev–Trinajstić information content (AvgIpc) is 3.02. The summed E-state index contributed by atoms with van der Waals surface area (Å²) in [4.78, 5) is 42.9. The van der Waals surface area contributed by atoms with Gasteiger partial charge in [0.25, 0.3) is 5.91 Å². The van der Waals surface area contributed by atoms with Gasteiger partial charge in [-0.25, -0.2) is 0 Å². The lowest BCUT2D eigenvalue weighted by molar-refractivity contribution is -0.144. The van der Waals surface area contributed by atoms with Gasteiger partial charge in [-0.15, -0.1) is 6.58 Å². The normalized spacial score (nSPS) is 14.7. The van der Waals surface area contributed by atoms with Crippen LogP contribution in [0.3, 0.4) is 0 Å². The molecule has 0 spiro atoms. The van der Waals surface area contributed by atoms with Gasteiger partial charge in [-0.1, -0.05) is 6.08 Å². The summed E-state index contributed by atoms with van der Waals surface area (Å²) in [5.41, 5.74) is 0.493. The molecule has 0 unspecified atom stereocenters. The molecule has 0 saturated carbocycles. The molecule has 2 amide bonds. The second kappa shape index (κ2) is 10.1. The maximum absolute atomic E-state index is 12.9. The zero-order valence-corrected chi connectivity index (χ0v) is 18.3. The quantitative estimate of drug-likeness (QED) is 0.457. The average molecular weight is 505 g/mol. The van der Waals surface area contributed by atoms with Gasteiger partial charge in [0.05, 0.1) is 22.6 Å². The zero-order chi connectivity index (χ0) is 20.0. The Labute approximate surface area is 175 Å². The predicted octanol–water partition coefficient (Wildman–Crippen LogP) is 3.11. The highest BCUT2D eigenvalue weighted by Gasteiger charge is 2.30. The first-order chi connectivity index (χ1) is 12.9. The lowest BCUT2D eigenvalue weighted by atomic mass is 10.0. The van der Waals surface area contributed by atoms with E-state index in [1.54, 1.807) is 21.9 Å². The van der Waals surface area contributed by atoms with Crippen LogP contribution in [-0.2, 0) is 14.3 Å². The van der Waals surface area contributed by atoms with Crippen LogP contribution in [0, 0.1) is 0 Å². The van der Waals surface area contributed by atoms with Crippen LogP contribution >= 0.6 is 31.9 Å². The second-order valence-electron chi connectivity index (χ2n) is 6.28. The SMILES string of the molecule is C=CCN(C(=O)c1cc(Br)c(Br)[nH]1)C1CCN(C(=O)CCC(=O)OC)CC1. The van der Waals surface area contributed by atoms with Crippen molar-refractivity contribution in [1.29, 1.82) is 0 Å². The molecule has 1 fully saturated rings. The molecule has 0 bridgehead atoms. The van der Waals surface area contributed by atoms with E-state index in [0.29, 0.717) is 38.2 Å². The van der Waals surface area contributed by atoms with Crippen LogP contribution < -0.4 is 0 Å². The molecule has 1 saturated heterocycles. The van der Waals surface area contributed by atoms with E-state index >= 15 is 0 Å². The smallest absolute Gasteiger partial charge is 0.306 e. The van der Waals surface area contributed by atoms with Crippen molar-refractivity contribution < 1.29 is 19.1 Å². The zero-order valence-electron chi connectivity index (χ0n) is 15.2. The highest BCUT2D eigenvalue weighted by Crippen LogP contribution is 2.25. The molecule has 0 aromatic carbocycles. The van der Waals surface area contributed by atoms with Gasteiger partial charge < -0.3 is 19.5 Å². The first-order valence-corrected chi connectivity index (χ1v) is 10.3. The van der Waals surface area contributed by atoms with Gasteiger partial charge in [0, 0.05) is 32.1 Å². The third-order valence-electron chi connectivity index (χ3n) is 4.57. The number of ether oxygens (including phenoxy) is 1. The summed E-state index contributed by atoms with van der Waals surface area (Å²) in [6.45, 7) is 5.31. The van der Waals surface area contributed by atoms with Crippen LogP contribution in [0.15, 0.2) is 27.8 Å². The summed E-state index contributed by atoms with van der Waals surface area (Å²) in [7, 11) is 1.31. The van der Waals surface area contributed by atoms with E-state index < -0.39 is 0 Å². The molecule has 0 atom stereocenters. The molecule has 0 radical (unpaired) electrons. The maximum Gasteiger partial charge on any atom is 0.306 e. The summed E-state index contributed by atoms with van der Waals surface area (Å²) < 4.78 is 6.07. The second-order valence-corrected chi connectivity index (χ2v) is 7.93. The van der Waals surface area contributed by atoms with Crippen LogP contribution in [0.5, 0.6) is 0 Å². The van der Waals surface area contributed by atoms with Crippen molar-refractivity contribution in [2.75, 3.05) is 26.7 Å². The van der Waals surface area contributed by atoms with Gasteiger partial charge in [-0.2, -0.15) is 0 Å². The summed E-state index contributed by atoms with van der Waals surface area (Å²) in [6.07, 6.45) is 3.32. The number of hydrogen-bond donors (Lipinski definition) is 1. The van der Waals surface area contributed by atoms with Crippen molar-refractivity contribution in [3.63, 3.8) is 0 Å². The number of piperidine rings is 1. The molecule has 0 aliphatic carbocycles. The van der Waals surface area contributed by atoms with Crippen molar-refractivity contribution in [2.24, 2.45) is 0 Å². The highest BCUT2D eigenvalue weighted by atomic mass is 79.9. The van der Waals surface area contributed by atoms with Crippen LogP contribution in [0.4, 0.5) is 0 Å². The molecule has 27 heavy (non-hydrogen) atoms. The fraction of sp³-hybridized carbons (Fsp3) is 0.500. The van der Waals surface area contributed by atoms with Gasteiger partial charge in [-0.3, -0.25) is 14.4 Å². The fourth-order valence-electron chi connectivity index (χ4n) is 3.11. The predicted molar refractivity (Wildman–Crippen MR) is 108 cm³/mol. The molecule has 2 rings (SSSR count). The number of hydrogen-bond acceptors (Lipinski definition) is 4. The number of rotatable bonds is 7. The number of likely N-dealkylation sites (tertiary alicyclic amines) is 1. The molecule has 9 heteroatoms. The molecule has 1 aliphatic heterocycles. The van der Waals surface area contributed by atoms with E-state index in [9.17, 15) is 14.4 Å². The molecular formula is C18H23Br2N3O4. The van der Waals surface area contributed by atoms with E-state index in [0.717, 1.165) is 9.08 Å². The van der Waals surface area contributed by atoms with Gasteiger partial charge in [0.15, 0.2) is 0 Å². The number of amides is 2.